The van der Waals surface area contributed by atoms with E-state index >= 15 is 0 Å². The van der Waals surface area contributed by atoms with Gasteiger partial charge in [-0.15, -0.1) is 11.3 Å². The monoisotopic (exact) mass is 322 g/mol. The van der Waals surface area contributed by atoms with E-state index in [2.05, 4.69) is 25.2 Å². The Bertz CT molecular complexity index is 553. The Morgan fingerprint density at radius 2 is 2.14 bits per heavy atom. The number of carbonyl (C=O) groups is 2. The quantitative estimate of drug-likeness (QED) is 0.924. The molecule has 0 radical (unpaired) electrons. The minimum absolute atomic E-state index is 0.0158. The Morgan fingerprint density at radius 1 is 1.41 bits per heavy atom. The number of hydrogen-bond acceptors (Lipinski definition) is 3. The van der Waals surface area contributed by atoms with E-state index in [-0.39, 0.29) is 23.9 Å². The van der Waals surface area contributed by atoms with Crippen molar-refractivity contribution in [2.75, 3.05) is 6.54 Å². The molecular formula is C17H26N2O2S. The Kier molecular flexibility index (Phi) is 5.62. The molecule has 4 nitrogen and oxygen atoms in total. The summed E-state index contributed by atoms with van der Waals surface area (Å²) in [5.41, 5.74) is 1.18. The zero-order valence-electron chi connectivity index (χ0n) is 13.9. The highest BCUT2D eigenvalue weighted by molar-refractivity contribution is 7.12. The predicted molar refractivity (Wildman–Crippen MR) is 90.0 cm³/mol. The third kappa shape index (κ3) is 3.69. The van der Waals surface area contributed by atoms with Gasteiger partial charge in [-0.2, -0.15) is 0 Å². The SMILES string of the molecule is CCC(=O)N1CCCC[C@H]1C(=O)N[C@@H](C)c1cc(C)sc1C. The van der Waals surface area contributed by atoms with Crippen LogP contribution >= 0.6 is 11.3 Å². The van der Waals surface area contributed by atoms with Crippen LogP contribution in [0.25, 0.3) is 0 Å². The third-order valence-electron chi connectivity index (χ3n) is 4.33. The first-order chi connectivity index (χ1) is 10.4. The maximum absolute atomic E-state index is 12.6. The van der Waals surface area contributed by atoms with E-state index in [4.69, 9.17) is 0 Å². The van der Waals surface area contributed by atoms with Crippen LogP contribution in [0.5, 0.6) is 0 Å². The molecule has 1 N–H and O–H groups in total. The Balaban J connectivity index is 2.06. The second-order valence-corrected chi connectivity index (χ2v) is 7.51. The first-order valence-corrected chi connectivity index (χ1v) is 8.92. The number of piperidine rings is 1. The molecule has 1 aromatic heterocycles. The zero-order valence-corrected chi connectivity index (χ0v) is 14.8. The van der Waals surface area contributed by atoms with Gasteiger partial charge in [-0.05, 0) is 51.7 Å². The number of nitrogens with one attached hydrogen (secondary N) is 1. The van der Waals surface area contributed by atoms with Crippen molar-refractivity contribution in [3.05, 3.63) is 21.4 Å². The summed E-state index contributed by atoms with van der Waals surface area (Å²) in [6.07, 6.45) is 3.23. The van der Waals surface area contributed by atoms with Gasteiger partial charge in [-0.25, -0.2) is 0 Å². The smallest absolute Gasteiger partial charge is 0.243 e. The van der Waals surface area contributed by atoms with Gasteiger partial charge in [0.2, 0.25) is 11.8 Å². The molecule has 1 fully saturated rings. The van der Waals surface area contributed by atoms with Gasteiger partial charge in [-0.3, -0.25) is 9.59 Å². The summed E-state index contributed by atoms with van der Waals surface area (Å²) < 4.78 is 0. The van der Waals surface area contributed by atoms with Crippen molar-refractivity contribution in [1.82, 2.24) is 10.2 Å². The molecule has 1 saturated heterocycles. The van der Waals surface area contributed by atoms with Crippen molar-refractivity contribution in [1.29, 1.82) is 0 Å². The molecule has 1 aromatic rings. The van der Waals surface area contributed by atoms with Crippen LogP contribution in [0.2, 0.25) is 0 Å². The van der Waals surface area contributed by atoms with Crippen molar-refractivity contribution < 1.29 is 9.59 Å². The molecule has 1 aliphatic rings. The number of likely N-dealkylation sites (tertiary alicyclic amines) is 1. The fourth-order valence-corrected chi connectivity index (χ4v) is 4.20. The molecule has 1 aliphatic heterocycles. The van der Waals surface area contributed by atoms with Crippen molar-refractivity contribution in [2.45, 2.75) is 65.5 Å². The second-order valence-electron chi connectivity index (χ2n) is 6.05. The molecule has 2 amide bonds. The average Bonchev–Trinajstić information content (AvgIpc) is 2.85. The van der Waals surface area contributed by atoms with E-state index in [1.807, 2.05) is 13.8 Å². The normalized spacial score (nSPS) is 19.8. The van der Waals surface area contributed by atoms with Gasteiger partial charge in [0.05, 0.1) is 6.04 Å². The van der Waals surface area contributed by atoms with Crippen LogP contribution in [0.4, 0.5) is 0 Å². The maximum atomic E-state index is 12.6. The molecule has 2 atom stereocenters. The van der Waals surface area contributed by atoms with Gasteiger partial charge in [-0.1, -0.05) is 6.92 Å². The van der Waals surface area contributed by atoms with E-state index in [0.29, 0.717) is 13.0 Å². The van der Waals surface area contributed by atoms with Gasteiger partial charge in [0, 0.05) is 22.7 Å². The number of rotatable bonds is 4. The molecule has 22 heavy (non-hydrogen) atoms. The fourth-order valence-electron chi connectivity index (χ4n) is 3.17. The highest BCUT2D eigenvalue weighted by Gasteiger charge is 2.32. The number of carbonyl (C=O) groups excluding carboxylic acids is 2. The Hall–Kier alpha value is -1.36. The number of aryl methyl sites for hydroxylation is 2. The summed E-state index contributed by atoms with van der Waals surface area (Å²) in [7, 11) is 0. The molecule has 2 heterocycles. The van der Waals surface area contributed by atoms with Crippen LogP contribution in [0, 0.1) is 13.8 Å². The molecule has 0 aromatic carbocycles. The summed E-state index contributed by atoms with van der Waals surface area (Å²) >= 11 is 1.75. The molecule has 122 valence electrons. The topological polar surface area (TPSA) is 49.4 Å². The highest BCUT2D eigenvalue weighted by Crippen LogP contribution is 2.27. The molecule has 2 rings (SSSR count). The van der Waals surface area contributed by atoms with E-state index in [9.17, 15) is 9.59 Å². The third-order valence-corrected chi connectivity index (χ3v) is 5.31. The lowest BCUT2D eigenvalue weighted by molar-refractivity contribution is -0.142. The summed E-state index contributed by atoms with van der Waals surface area (Å²) in [5, 5.41) is 3.10. The van der Waals surface area contributed by atoms with E-state index in [1.54, 1.807) is 16.2 Å². The van der Waals surface area contributed by atoms with Crippen LogP contribution in [0.3, 0.4) is 0 Å². The van der Waals surface area contributed by atoms with Crippen LogP contribution in [0.1, 0.15) is 60.9 Å². The lowest BCUT2D eigenvalue weighted by Crippen LogP contribution is -2.52. The van der Waals surface area contributed by atoms with E-state index in [1.165, 1.54) is 15.3 Å². The number of nitrogens with zero attached hydrogens (tertiary/aromatic N) is 1. The van der Waals surface area contributed by atoms with Crippen LogP contribution in [-0.2, 0) is 9.59 Å². The van der Waals surface area contributed by atoms with Gasteiger partial charge in [0.25, 0.3) is 0 Å². The lowest BCUT2D eigenvalue weighted by Gasteiger charge is -2.35. The molecule has 0 saturated carbocycles. The van der Waals surface area contributed by atoms with Crippen molar-refractivity contribution >= 4 is 23.2 Å². The van der Waals surface area contributed by atoms with Crippen molar-refractivity contribution in [3.8, 4) is 0 Å². The highest BCUT2D eigenvalue weighted by atomic mass is 32.1. The van der Waals surface area contributed by atoms with Crippen LogP contribution < -0.4 is 5.32 Å². The second kappa shape index (κ2) is 7.27. The summed E-state index contributed by atoms with van der Waals surface area (Å²) in [4.78, 5) is 28.9. The molecule has 0 bridgehead atoms. The van der Waals surface area contributed by atoms with Crippen LogP contribution in [-0.4, -0.2) is 29.3 Å². The van der Waals surface area contributed by atoms with E-state index < -0.39 is 0 Å². The summed E-state index contributed by atoms with van der Waals surface area (Å²) in [5.74, 6) is 0.0623. The van der Waals surface area contributed by atoms with Gasteiger partial charge in [0.15, 0.2) is 0 Å². The molecule has 5 heteroatoms. The number of amides is 2. The first-order valence-electron chi connectivity index (χ1n) is 8.10. The van der Waals surface area contributed by atoms with Crippen molar-refractivity contribution in [3.63, 3.8) is 0 Å². The molecule has 0 aliphatic carbocycles. The molecular weight excluding hydrogens is 296 g/mol. The van der Waals surface area contributed by atoms with Crippen LogP contribution in [0.15, 0.2) is 6.07 Å². The lowest BCUT2D eigenvalue weighted by atomic mass is 10.00. The zero-order chi connectivity index (χ0) is 16.3. The Labute approximate surface area is 136 Å². The minimum Gasteiger partial charge on any atom is -0.348 e. The Morgan fingerprint density at radius 3 is 2.73 bits per heavy atom. The molecule has 0 unspecified atom stereocenters. The largest absolute Gasteiger partial charge is 0.348 e. The van der Waals surface area contributed by atoms with Crippen molar-refractivity contribution in [2.24, 2.45) is 0 Å². The van der Waals surface area contributed by atoms with Gasteiger partial charge >= 0.3 is 0 Å². The standard InChI is InChI=1S/C17H26N2O2S/c1-5-16(20)19-9-7-6-8-15(19)17(21)18-12(3)14-10-11(2)22-13(14)4/h10,12,15H,5-9H2,1-4H3,(H,18,21)/t12-,15-/m0/s1. The molecule has 0 spiro atoms. The fraction of sp³-hybridized carbons (Fsp3) is 0.647. The predicted octanol–water partition coefficient (Wildman–Crippen LogP) is 3.33. The summed E-state index contributed by atoms with van der Waals surface area (Å²) in [6.45, 7) is 8.74. The number of hydrogen-bond donors (Lipinski definition) is 1. The maximum Gasteiger partial charge on any atom is 0.243 e. The first kappa shape index (κ1) is 17.0. The van der Waals surface area contributed by atoms with E-state index in [0.717, 1.165) is 19.3 Å². The minimum atomic E-state index is -0.302. The summed E-state index contributed by atoms with van der Waals surface area (Å²) in [6, 6.07) is 1.82. The van der Waals surface area contributed by atoms with Gasteiger partial charge in [0.1, 0.15) is 6.04 Å². The average molecular weight is 322 g/mol. The van der Waals surface area contributed by atoms with Gasteiger partial charge < -0.3 is 10.2 Å². The number of thiophene rings is 1.